The Labute approximate surface area is 163 Å². The minimum Gasteiger partial charge on any atom is -0.480 e. The standard InChI is InChI=1S/C20H26N4O4/c25-18(23-14-6-2-1-3-7-14)12-22-20(28)24-17(19(26)27)10-13-11-21-16-9-5-4-8-15(13)16/h4-5,8-9,11,14,17,21H,1-3,6-7,10,12H2,(H,23,25)(H,26,27)(H2,22,24,28)/t17-/m0/s1. The highest BCUT2D eigenvalue weighted by Crippen LogP contribution is 2.19. The fraction of sp³-hybridized carbons (Fsp3) is 0.450. The predicted octanol–water partition coefficient (Wildman–Crippen LogP) is 1.91. The highest BCUT2D eigenvalue weighted by molar-refractivity contribution is 5.88. The van der Waals surface area contributed by atoms with Crippen LogP contribution in [0.5, 0.6) is 0 Å². The van der Waals surface area contributed by atoms with Gasteiger partial charge in [-0.1, -0.05) is 37.5 Å². The maximum Gasteiger partial charge on any atom is 0.326 e. The van der Waals surface area contributed by atoms with Gasteiger partial charge in [-0.15, -0.1) is 0 Å². The van der Waals surface area contributed by atoms with E-state index in [1.165, 1.54) is 6.42 Å². The summed E-state index contributed by atoms with van der Waals surface area (Å²) in [7, 11) is 0. The van der Waals surface area contributed by atoms with Crippen LogP contribution in [-0.4, -0.2) is 46.6 Å². The third kappa shape index (κ3) is 5.25. The fourth-order valence-corrected chi connectivity index (χ4v) is 3.62. The van der Waals surface area contributed by atoms with Crippen molar-refractivity contribution in [2.45, 2.75) is 50.6 Å². The van der Waals surface area contributed by atoms with E-state index >= 15 is 0 Å². The van der Waals surface area contributed by atoms with Gasteiger partial charge in [0.25, 0.3) is 0 Å². The van der Waals surface area contributed by atoms with Gasteiger partial charge in [0.1, 0.15) is 6.04 Å². The van der Waals surface area contributed by atoms with Gasteiger partial charge in [0, 0.05) is 29.6 Å². The lowest BCUT2D eigenvalue weighted by Gasteiger charge is -2.23. The van der Waals surface area contributed by atoms with Crippen LogP contribution in [0.1, 0.15) is 37.7 Å². The quantitative estimate of drug-likeness (QED) is 0.499. The van der Waals surface area contributed by atoms with Crippen molar-refractivity contribution in [3.63, 3.8) is 0 Å². The van der Waals surface area contributed by atoms with Crippen LogP contribution in [0, 0.1) is 0 Å². The second-order valence-electron chi connectivity index (χ2n) is 7.18. The van der Waals surface area contributed by atoms with Crippen LogP contribution in [0.2, 0.25) is 0 Å². The zero-order chi connectivity index (χ0) is 19.9. The number of carbonyl (C=O) groups is 3. The zero-order valence-electron chi connectivity index (χ0n) is 15.7. The molecule has 1 fully saturated rings. The Morgan fingerprint density at radius 3 is 2.64 bits per heavy atom. The number of carboxylic acid groups (broad SMARTS) is 1. The van der Waals surface area contributed by atoms with E-state index in [1.807, 2.05) is 24.3 Å². The number of aromatic amines is 1. The van der Waals surface area contributed by atoms with Crippen molar-refractivity contribution in [1.29, 1.82) is 0 Å². The molecule has 2 aromatic rings. The average molecular weight is 386 g/mol. The minimum atomic E-state index is -1.13. The molecule has 0 unspecified atom stereocenters. The van der Waals surface area contributed by atoms with Gasteiger partial charge in [0.2, 0.25) is 5.91 Å². The molecular weight excluding hydrogens is 360 g/mol. The van der Waals surface area contributed by atoms with Crippen LogP contribution in [-0.2, 0) is 16.0 Å². The van der Waals surface area contributed by atoms with Crippen molar-refractivity contribution in [2.24, 2.45) is 0 Å². The molecule has 28 heavy (non-hydrogen) atoms. The van der Waals surface area contributed by atoms with Gasteiger partial charge >= 0.3 is 12.0 Å². The van der Waals surface area contributed by atoms with Crippen LogP contribution in [0.25, 0.3) is 10.9 Å². The number of benzene rings is 1. The highest BCUT2D eigenvalue weighted by Gasteiger charge is 2.22. The Bertz CT molecular complexity index is 842. The van der Waals surface area contributed by atoms with Gasteiger partial charge in [0.05, 0.1) is 6.54 Å². The number of rotatable bonds is 7. The average Bonchev–Trinajstić information content (AvgIpc) is 3.09. The number of aromatic nitrogens is 1. The van der Waals surface area contributed by atoms with Gasteiger partial charge in [0.15, 0.2) is 0 Å². The van der Waals surface area contributed by atoms with Gasteiger partial charge in [-0.3, -0.25) is 4.79 Å². The maximum atomic E-state index is 12.1. The van der Waals surface area contributed by atoms with Crippen molar-refractivity contribution in [1.82, 2.24) is 20.9 Å². The lowest BCUT2D eigenvalue weighted by molar-refractivity contribution is -0.139. The first-order chi connectivity index (χ1) is 13.5. The van der Waals surface area contributed by atoms with Crippen molar-refractivity contribution in [3.8, 4) is 0 Å². The molecule has 1 saturated carbocycles. The predicted molar refractivity (Wildman–Crippen MR) is 105 cm³/mol. The highest BCUT2D eigenvalue weighted by atomic mass is 16.4. The number of para-hydroxylation sites is 1. The molecule has 3 amide bonds. The lowest BCUT2D eigenvalue weighted by atomic mass is 9.95. The first kappa shape index (κ1) is 19.7. The van der Waals surface area contributed by atoms with Crippen molar-refractivity contribution in [3.05, 3.63) is 36.0 Å². The van der Waals surface area contributed by atoms with E-state index in [0.29, 0.717) is 0 Å². The molecule has 0 spiro atoms. The van der Waals surface area contributed by atoms with Gasteiger partial charge in [-0.2, -0.15) is 0 Å². The topological polar surface area (TPSA) is 123 Å². The first-order valence-corrected chi connectivity index (χ1v) is 9.64. The van der Waals surface area contributed by atoms with Crippen molar-refractivity contribution in [2.75, 3.05) is 6.54 Å². The summed E-state index contributed by atoms with van der Waals surface area (Å²) in [6.45, 7) is -0.179. The number of urea groups is 1. The Morgan fingerprint density at radius 1 is 1.14 bits per heavy atom. The Hall–Kier alpha value is -3.03. The number of hydrogen-bond donors (Lipinski definition) is 5. The number of amides is 3. The molecule has 1 aliphatic carbocycles. The second kappa shape index (κ2) is 9.25. The fourth-order valence-electron chi connectivity index (χ4n) is 3.62. The molecule has 0 aliphatic heterocycles. The minimum absolute atomic E-state index is 0.140. The van der Waals surface area contributed by atoms with Crippen LogP contribution in [0.15, 0.2) is 30.5 Å². The summed E-state index contributed by atoms with van der Waals surface area (Å²) in [5.74, 6) is -1.39. The summed E-state index contributed by atoms with van der Waals surface area (Å²) in [5.41, 5.74) is 1.71. The second-order valence-corrected chi connectivity index (χ2v) is 7.18. The number of fused-ring (bicyclic) bond motifs is 1. The molecule has 150 valence electrons. The zero-order valence-corrected chi connectivity index (χ0v) is 15.7. The molecule has 1 aromatic carbocycles. The first-order valence-electron chi connectivity index (χ1n) is 9.64. The Morgan fingerprint density at radius 2 is 1.89 bits per heavy atom. The molecule has 0 saturated heterocycles. The van der Waals surface area contributed by atoms with E-state index in [4.69, 9.17) is 0 Å². The number of carboxylic acids is 1. The third-order valence-electron chi connectivity index (χ3n) is 5.08. The van der Waals surface area contributed by atoms with Gasteiger partial charge in [-0.05, 0) is 24.5 Å². The molecule has 1 aliphatic rings. The number of nitrogens with one attached hydrogen (secondary N) is 4. The molecule has 1 atom stereocenters. The lowest BCUT2D eigenvalue weighted by Crippen LogP contribution is -2.50. The van der Waals surface area contributed by atoms with E-state index in [1.54, 1.807) is 6.20 Å². The Kier molecular flexibility index (Phi) is 6.52. The van der Waals surface area contributed by atoms with Crippen LogP contribution in [0.4, 0.5) is 4.79 Å². The van der Waals surface area contributed by atoms with Crippen LogP contribution in [0.3, 0.4) is 0 Å². The summed E-state index contributed by atoms with van der Waals surface area (Å²) in [6, 6.07) is 5.96. The summed E-state index contributed by atoms with van der Waals surface area (Å²) >= 11 is 0. The van der Waals surface area contributed by atoms with Gasteiger partial charge in [-0.25, -0.2) is 9.59 Å². The summed E-state index contributed by atoms with van der Waals surface area (Å²) in [6.07, 6.45) is 7.21. The molecule has 8 heteroatoms. The number of carbonyl (C=O) groups excluding carboxylic acids is 2. The number of hydrogen-bond acceptors (Lipinski definition) is 3. The molecule has 1 heterocycles. The summed E-state index contributed by atoms with van der Waals surface area (Å²) in [5, 5.41) is 18.2. The SMILES string of the molecule is O=C(CNC(=O)N[C@@H](Cc1c[nH]c2ccccc12)C(=O)O)NC1CCCCC1. The van der Waals surface area contributed by atoms with E-state index in [-0.39, 0.29) is 24.9 Å². The van der Waals surface area contributed by atoms with E-state index < -0.39 is 18.0 Å². The van der Waals surface area contributed by atoms with Crippen molar-refractivity contribution < 1.29 is 19.5 Å². The third-order valence-corrected chi connectivity index (χ3v) is 5.08. The number of H-pyrrole nitrogens is 1. The largest absolute Gasteiger partial charge is 0.480 e. The van der Waals surface area contributed by atoms with E-state index in [2.05, 4.69) is 20.9 Å². The molecular formula is C20H26N4O4. The molecule has 0 bridgehead atoms. The Balaban J connectivity index is 1.50. The van der Waals surface area contributed by atoms with Gasteiger partial charge < -0.3 is 26.0 Å². The van der Waals surface area contributed by atoms with Crippen LogP contribution < -0.4 is 16.0 Å². The van der Waals surface area contributed by atoms with Crippen molar-refractivity contribution >= 4 is 28.8 Å². The molecule has 3 rings (SSSR count). The van der Waals surface area contributed by atoms with E-state index in [9.17, 15) is 19.5 Å². The smallest absolute Gasteiger partial charge is 0.326 e. The maximum absolute atomic E-state index is 12.1. The molecule has 8 nitrogen and oxygen atoms in total. The normalized spacial score (nSPS) is 15.7. The monoisotopic (exact) mass is 386 g/mol. The van der Waals surface area contributed by atoms with Crippen LogP contribution >= 0.6 is 0 Å². The molecule has 1 aromatic heterocycles. The summed E-state index contributed by atoms with van der Waals surface area (Å²) in [4.78, 5) is 38.7. The number of aliphatic carboxylic acids is 1. The van der Waals surface area contributed by atoms with E-state index in [0.717, 1.165) is 42.1 Å². The molecule has 0 radical (unpaired) electrons. The molecule has 5 N–H and O–H groups in total. The summed E-state index contributed by atoms with van der Waals surface area (Å²) < 4.78 is 0.